The van der Waals surface area contributed by atoms with Crippen LogP contribution >= 0.6 is 0 Å². The first-order chi connectivity index (χ1) is 15.0. The highest BCUT2D eigenvalue weighted by atomic mass is 16.5. The van der Waals surface area contributed by atoms with E-state index < -0.39 is 18.5 Å². The van der Waals surface area contributed by atoms with Crippen molar-refractivity contribution in [2.75, 3.05) is 19.0 Å². The van der Waals surface area contributed by atoms with Gasteiger partial charge in [-0.05, 0) is 67.1 Å². The van der Waals surface area contributed by atoms with Crippen LogP contribution in [0.5, 0.6) is 5.75 Å². The number of hydrogen-bond donors (Lipinski definition) is 2. The molecule has 156 valence electrons. The van der Waals surface area contributed by atoms with E-state index in [4.69, 9.17) is 9.47 Å². The molecule has 1 amide bonds. The van der Waals surface area contributed by atoms with Crippen molar-refractivity contribution in [3.63, 3.8) is 0 Å². The summed E-state index contributed by atoms with van der Waals surface area (Å²) < 4.78 is 10.3. The van der Waals surface area contributed by atoms with Crippen molar-refractivity contribution in [3.8, 4) is 17.1 Å². The van der Waals surface area contributed by atoms with Gasteiger partial charge in [-0.15, -0.1) is 0 Å². The number of aryl methyl sites for hydroxylation is 1. The van der Waals surface area contributed by atoms with Crippen LogP contribution in [-0.4, -0.2) is 40.5 Å². The molecule has 0 aliphatic carbocycles. The summed E-state index contributed by atoms with van der Waals surface area (Å²) in [7, 11) is 1.61. The molecule has 0 fully saturated rings. The normalized spacial score (nSPS) is 10.6. The first kappa shape index (κ1) is 20.1. The number of nitrogens with zero attached hydrogens (tertiary/aromatic N) is 2. The minimum Gasteiger partial charge on any atom is -0.497 e. The molecule has 0 aliphatic rings. The fourth-order valence-electron chi connectivity index (χ4n) is 3.02. The summed E-state index contributed by atoms with van der Waals surface area (Å²) in [6, 6.07) is 16.0. The van der Waals surface area contributed by atoms with Crippen LogP contribution in [0, 0.1) is 6.92 Å². The molecule has 2 aromatic carbocycles. The number of H-pyrrole nitrogens is 1. The summed E-state index contributed by atoms with van der Waals surface area (Å²) >= 11 is 0. The van der Waals surface area contributed by atoms with Crippen molar-refractivity contribution in [2.45, 2.75) is 6.92 Å². The molecule has 0 aliphatic heterocycles. The van der Waals surface area contributed by atoms with Crippen LogP contribution in [-0.2, 0) is 9.53 Å². The average molecular weight is 416 g/mol. The maximum absolute atomic E-state index is 12.4. The lowest BCUT2D eigenvalue weighted by atomic mass is 10.2. The third kappa shape index (κ3) is 4.69. The largest absolute Gasteiger partial charge is 0.497 e. The smallest absolute Gasteiger partial charge is 0.338 e. The van der Waals surface area contributed by atoms with Gasteiger partial charge in [0.25, 0.3) is 5.91 Å². The van der Waals surface area contributed by atoms with Crippen molar-refractivity contribution >= 4 is 28.7 Å². The van der Waals surface area contributed by atoms with Gasteiger partial charge in [0, 0.05) is 11.8 Å². The van der Waals surface area contributed by atoms with E-state index >= 15 is 0 Å². The fourth-order valence-corrected chi connectivity index (χ4v) is 3.02. The number of pyridine rings is 1. The number of nitrogens with one attached hydrogen (secondary N) is 2. The number of esters is 1. The van der Waals surface area contributed by atoms with Gasteiger partial charge in [-0.3, -0.25) is 4.79 Å². The Balaban J connectivity index is 1.42. The van der Waals surface area contributed by atoms with Gasteiger partial charge in [0.2, 0.25) is 0 Å². The predicted octanol–water partition coefficient (Wildman–Crippen LogP) is 3.74. The minimum absolute atomic E-state index is 0.318. The van der Waals surface area contributed by atoms with Gasteiger partial charge < -0.3 is 19.8 Å². The van der Waals surface area contributed by atoms with Crippen molar-refractivity contribution in [2.24, 2.45) is 0 Å². The lowest BCUT2D eigenvalue weighted by Gasteiger charge is -2.06. The number of fused-ring (bicyclic) bond motifs is 1. The lowest BCUT2D eigenvalue weighted by Crippen LogP contribution is -2.21. The number of carbonyl (C=O) groups is 2. The van der Waals surface area contributed by atoms with Gasteiger partial charge in [0.15, 0.2) is 6.61 Å². The fraction of sp³-hybridized carbons (Fsp3) is 0.130. The highest BCUT2D eigenvalue weighted by Crippen LogP contribution is 2.23. The molecule has 2 heterocycles. The Morgan fingerprint density at radius 3 is 2.61 bits per heavy atom. The molecule has 0 atom stereocenters. The van der Waals surface area contributed by atoms with Crippen LogP contribution in [0.3, 0.4) is 0 Å². The summed E-state index contributed by atoms with van der Waals surface area (Å²) in [5, 5.41) is 2.60. The number of rotatable bonds is 6. The Morgan fingerprint density at radius 1 is 1.06 bits per heavy atom. The maximum Gasteiger partial charge on any atom is 0.338 e. The van der Waals surface area contributed by atoms with E-state index in [2.05, 4.69) is 20.3 Å². The first-order valence-electron chi connectivity index (χ1n) is 9.55. The second-order valence-corrected chi connectivity index (χ2v) is 6.89. The molecule has 4 aromatic rings. The number of benzene rings is 2. The van der Waals surface area contributed by atoms with Crippen LogP contribution in [0.15, 0.2) is 60.8 Å². The number of ether oxygens (including phenoxy) is 2. The predicted molar refractivity (Wildman–Crippen MR) is 116 cm³/mol. The number of imidazole rings is 1. The number of aromatic amines is 1. The lowest BCUT2D eigenvalue weighted by molar-refractivity contribution is -0.119. The molecule has 0 spiro atoms. The van der Waals surface area contributed by atoms with Crippen LogP contribution in [0.25, 0.3) is 22.4 Å². The van der Waals surface area contributed by atoms with E-state index in [9.17, 15) is 9.59 Å². The number of methoxy groups -OCH3 is 1. The van der Waals surface area contributed by atoms with Crippen molar-refractivity contribution in [1.29, 1.82) is 0 Å². The number of aromatic nitrogens is 3. The van der Waals surface area contributed by atoms with E-state index in [1.54, 1.807) is 37.6 Å². The molecule has 0 saturated heterocycles. The quantitative estimate of drug-likeness (QED) is 0.464. The number of hydrogen-bond acceptors (Lipinski definition) is 6. The SMILES string of the molecule is COc1ccc(-c2nc3ccc(C(=O)OCC(=O)Nc4cc(C)ccn4)cc3[nH]2)cc1. The monoisotopic (exact) mass is 416 g/mol. The molecule has 2 aromatic heterocycles. The van der Waals surface area contributed by atoms with Gasteiger partial charge in [-0.1, -0.05) is 0 Å². The van der Waals surface area contributed by atoms with Crippen molar-refractivity contribution in [1.82, 2.24) is 15.0 Å². The Morgan fingerprint density at radius 2 is 1.87 bits per heavy atom. The Bertz CT molecular complexity index is 1250. The summed E-state index contributed by atoms with van der Waals surface area (Å²) in [5.74, 6) is 0.775. The van der Waals surface area contributed by atoms with E-state index in [-0.39, 0.29) is 0 Å². The minimum atomic E-state index is -0.602. The molecule has 0 saturated carbocycles. The average Bonchev–Trinajstić information content (AvgIpc) is 3.21. The third-order valence-corrected chi connectivity index (χ3v) is 4.60. The molecule has 0 bridgehead atoms. The molecule has 0 radical (unpaired) electrons. The van der Waals surface area contributed by atoms with E-state index in [1.165, 1.54) is 0 Å². The van der Waals surface area contributed by atoms with Gasteiger partial charge in [0.1, 0.15) is 17.4 Å². The highest BCUT2D eigenvalue weighted by Gasteiger charge is 2.13. The molecule has 8 nitrogen and oxygen atoms in total. The second-order valence-electron chi connectivity index (χ2n) is 6.89. The van der Waals surface area contributed by atoms with Crippen LogP contribution in [0.4, 0.5) is 5.82 Å². The van der Waals surface area contributed by atoms with Crippen molar-refractivity contribution < 1.29 is 19.1 Å². The highest BCUT2D eigenvalue weighted by molar-refractivity contribution is 5.97. The summed E-state index contributed by atoms with van der Waals surface area (Å²) in [6.07, 6.45) is 1.59. The summed E-state index contributed by atoms with van der Waals surface area (Å²) in [4.78, 5) is 36.2. The van der Waals surface area contributed by atoms with Crippen molar-refractivity contribution in [3.05, 3.63) is 71.9 Å². The number of amides is 1. The summed E-state index contributed by atoms with van der Waals surface area (Å²) in [6.45, 7) is 1.48. The van der Waals surface area contributed by atoms with Gasteiger partial charge in [0.05, 0.1) is 23.7 Å². The first-order valence-corrected chi connectivity index (χ1v) is 9.55. The van der Waals surface area contributed by atoms with Gasteiger partial charge in [-0.2, -0.15) is 0 Å². The zero-order chi connectivity index (χ0) is 21.8. The molecule has 4 rings (SSSR count). The van der Waals surface area contributed by atoms with Crippen LogP contribution < -0.4 is 10.1 Å². The van der Waals surface area contributed by atoms with Gasteiger partial charge >= 0.3 is 5.97 Å². The molecular weight excluding hydrogens is 396 g/mol. The Labute approximate surface area is 178 Å². The molecule has 31 heavy (non-hydrogen) atoms. The summed E-state index contributed by atoms with van der Waals surface area (Å²) in [5.41, 5.74) is 3.57. The van der Waals surface area contributed by atoms with E-state index in [0.29, 0.717) is 28.2 Å². The second kappa shape index (κ2) is 8.66. The van der Waals surface area contributed by atoms with Crippen LogP contribution in [0.2, 0.25) is 0 Å². The van der Waals surface area contributed by atoms with E-state index in [1.807, 2.05) is 37.3 Å². The topological polar surface area (TPSA) is 106 Å². The zero-order valence-electron chi connectivity index (χ0n) is 17.0. The molecular formula is C23H20N4O4. The maximum atomic E-state index is 12.4. The Kier molecular flexibility index (Phi) is 5.61. The van der Waals surface area contributed by atoms with E-state index in [0.717, 1.165) is 16.9 Å². The Hall–Kier alpha value is -4.20. The molecule has 8 heteroatoms. The zero-order valence-corrected chi connectivity index (χ0v) is 17.0. The number of carbonyl (C=O) groups excluding carboxylic acids is 2. The molecule has 2 N–H and O–H groups in total. The van der Waals surface area contributed by atoms with Crippen LogP contribution in [0.1, 0.15) is 15.9 Å². The standard InChI is InChI=1S/C23H20N4O4/c1-14-9-10-24-20(11-14)27-21(28)13-31-23(29)16-5-8-18-19(12-16)26-22(25-18)15-3-6-17(30-2)7-4-15/h3-12H,13H2,1-2H3,(H,25,26)(H,24,27,28). The third-order valence-electron chi connectivity index (χ3n) is 4.60. The number of anilines is 1. The van der Waals surface area contributed by atoms with Gasteiger partial charge in [-0.25, -0.2) is 14.8 Å². The molecule has 0 unspecified atom stereocenters.